The van der Waals surface area contributed by atoms with Gasteiger partial charge in [-0.2, -0.15) is 0 Å². The SMILES string of the molecule is CN(C(=O)c1ccccc1-c1ccccc1)[C@@H](CN)CCc1ccccc1. The fraction of sp³-hybridized carbons (Fsp3) is 0.208. The van der Waals surface area contributed by atoms with Crippen molar-refractivity contribution < 1.29 is 4.79 Å². The summed E-state index contributed by atoms with van der Waals surface area (Å²) in [5.74, 6) is 0.0120. The topological polar surface area (TPSA) is 46.3 Å². The normalized spacial score (nSPS) is 11.8. The monoisotopic (exact) mass is 358 g/mol. The van der Waals surface area contributed by atoms with Gasteiger partial charge in [-0.25, -0.2) is 0 Å². The zero-order chi connectivity index (χ0) is 19.1. The minimum Gasteiger partial charge on any atom is -0.337 e. The summed E-state index contributed by atoms with van der Waals surface area (Å²) < 4.78 is 0. The molecule has 2 N–H and O–H groups in total. The molecule has 0 aliphatic carbocycles. The van der Waals surface area contributed by atoms with E-state index in [4.69, 9.17) is 5.73 Å². The number of benzene rings is 3. The number of rotatable bonds is 7. The summed E-state index contributed by atoms with van der Waals surface area (Å²) in [6.07, 6.45) is 1.75. The Labute approximate surface area is 161 Å². The van der Waals surface area contributed by atoms with E-state index >= 15 is 0 Å². The van der Waals surface area contributed by atoms with E-state index in [0.717, 1.165) is 24.0 Å². The van der Waals surface area contributed by atoms with Crippen LogP contribution in [0.1, 0.15) is 22.3 Å². The molecule has 0 unspecified atom stereocenters. The maximum absolute atomic E-state index is 13.2. The van der Waals surface area contributed by atoms with Gasteiger partial charge in [-0.15, -0.1) is 0 Å². The molecule has 1 atom stereocenters. The second kappa shape index (κ2) is 9.15. The first-order valence-corrected chi connectivity index (χ1v) is 9.36. The van der Waals surface area contributed by atoms with Gasteiger partial charge in [0.05, 0.1) is 0 Å². The molecule has 3 aromatic rings. The van der Waals surface area contributed by atoms with Crippen molar-refractivity contribution in [2.45, 2.75) is 18.9 Å². The van der Waals surface area contributed by atoms with E-state index in [0.29, 0.717) is 12.1 Å². The second-order valence-electron chi connectivity index (χ2n) is 6.74. The van der Waals surface area contributed by atoms with Crippen LogP contribution in [0.2, 0.25) is 0 Å². The summed E-state index contributed by atoms with van der Waals surface area (Å²) in [6.45, 7) is 0.447. The lowest BCUT2D eigenvalue weighted by molar-refractivity contribution is 0.0730. The molecule has 0 radical (unpaired) electrons. The Morgan fingerprint density at radius 2 is 1.48 bits per heavy atom. The number of nitrogens with zero attached hydrogens (tertiary/aromatic N) is 1. The van der Waals surface area contributed by atoms with Crippen molar-refractivity contribution in [2.75, 3.05) is 13.6 Å². The van der Waals surface area contributed by atoms with Crippen LogP contribution < -0.4 is 5.73 Å². The van der Waals surface area contributed by atoms with Gasteiger partial charge in [0.15, 0.2) is 0 Å². The number of nitrogens with two attached hydrogens (primary N) is 1. The van der Waals surface area contributed by atoms with Gasteiger partial charge >= 0.3 is 0 Å². The number of hydrogen-bond acceptors (Lipinski definition) is 2. The van der Waals surface area contributed by atoms with Crippen molar-refractivity contribution in [3.8, 4) is 11.1 Å². The fourth-order valence-electron chi connectivity index (χ4n) is 3.34. The molecule has 27 heavy (non-hydrogen) atoms. The summed E-state index contributed by atoms with van der Waals surface area (Å²) in [4.78, 5) is 15.0. The lowest BCUT2D eigenvalue weighted by atomic mass is 9.98. The van der Waals surface area contributed by atoms with E-state index in [1.165, 1.54) is 5.56 Å². The zero-order valence-corrected chi connectivity index (χ0v) is 15.7. The molecule has 138 valence electrons. The molecule has 0 aromatic heterocycles. The molecule has 0 saturated carbocycles. The highest BCUT2D eigenvalue weighted by Crippen LogP contribution is 2.25. The first kappa shape index (κ1) is 18.9. The summed E-state index contributed by atoms with van der Waals surface area (Å²) in [5.41, 5.74) is 9.98. The van der Waals surface area contributed by atoms with Crippen LogP contribution in [0.25, 0.3) is 11.1 Å². The third-order valence-corrected chi connectivity index (χ3v) is 4.99. The fourth-order valence-corrected chi connectivity index (χ4v) is 3.34. The van der Waals surface area contributed by atoms with Crippen molar-refractivity contribution in [1.29, 1.82) is 0 Å². The first-order chi connectivity index (χ1) is 13.2. The number of likely N-dealkylation sites (N-methyl/N-ethyl adjacent to an activating group) is 1. The number of hydrogen-bond donors (Lipinski definition) is 1. The maximum atomic E-state index is 13.2. The summed E-state index contributed by atoms with van der Waals surface area (Å²) in [7, 11) is 1.85. The number of carbonyl (C=O) groups is 1. The minimum atomic E-state index is 0.00142. The number of carbonyl (C=O) groups excluding carboxylic acids is 1. The van der Waals surface area contributed by atoms with E-state index in [-0.39, 0.29) is 11.9 Å². The number of amides is 1. The van der Waals surface area contributed by atoms with Gasteiger partial charge in [0.1, 0.15) is 0 Å². The Hall–Kier alpha value is -2.91. The molecule has 0 saturated heterocycles. The summed E-state index contributed by atoms with van der Waals surface area (Å²) in [5, 5.41) is 0. The summed E-state index contributed by atoms with van der Waals surface area (Å²) in [6, 6.07) is 28.1. The average Bonchev–Trinajstić information content (AvgIpc) is 2.75. The maximum Gasteiger partial charge on any atom is 0.254 e. The third-order valence-electron chi connectivity index (χ3n) is 4.99. The molecule has 0 heterocycles. The molecule has 0 bridgehead atoms. The molecule has 0 spiro atoms. The Morgan fingerprint density at radius 3 is 2.15 bits per heavy atom. The van der Waals surface area contributed by atoms with Crippen LogP contribution >= 0.6 is 0 Å². The standard InChI is InChI=1S/C24H26N2O/c1-26(21(18-25)17-16-19-10-4-2-5-11-19)24(27)23-15-9-8-14-22(23)20-12-6-3-7-13-20/h2-15,21H,16-18,25H2,1H3/t21-/m1/s1. The van der Waals surface area contributed by atoms with Crippen LogP contribution in [-0.2, 0) is 6.42 Å². The molecule has 3 rings (SSSR count). The van der Waals surface area contributed by atoms with Crippen LogP contribution in [0, 0.1) is 0 Å². The van der Waals surface area contributed by atoms with Gasteiger partial charge in [-0.05, 0) is 35.6 Å². The predicted molar refractivity (Wildman–Crippen MR) is 112 cm³/mol. The Morgan fingerprint density at radius 1 is 0.889 bits per heavy atom. The van der Waals surface area contributed by atoms with Crippen molar-refractivity contribution in [3.63, 3.8) is 0 Å². The molecule has 3 nitrogen and oxygen atoms in total. The number of aryl methyl sites for hydroxylation is 1. The van der Waals surface area contributed by atoms with Gasteiger partial charge in [-0.1, -0.05) is 78.9 Å². The lowest BCUT2D eigenvalue weighted by Gasteiger charge is -2.28. The largest absolute Gasteiger partial charge is 0.337 e. The van der Waals surface area contributed by atoms with Gasteiger partial charge in [0.25, 0.3) is 5.91 Å². The van der Waals surface area contributed by atoms with Crippen LogP contribution in [0.15, 0.2) is 84.9 Å². The molecule has 3 aromatic carbocycles. The van der Waals surface area contributed by atoms with Crippen LogP contribution in [0.5, 0.6) is 0 Å². The molecular weight excluding hydrogens is 332 g/mol. The van der Waals surface area contributed by atoms with Crippen molar-refractivity contribution >= 4 is 5.91 Å². The highest BCUT2D eigenvalue weighted by molar-refractivity contribution is 6.00. The Balaban J connectivity index is 1.78. The highest BCUT2D eigenvalue weighted by Gasteiger charge is 2.22. The van der Waals surface area contributed by atoms with Gasteiger partial charge in [0, 0.05) is 25.2 Å². The third kappa shape index (κ3) is 4.63. The molecule has 0 aliphatic rings. The molecule has 3 heteroatoms. The van der Waals surface area contributed by atoms with E-state index < -0.39 is 0 Å². The molecule has 0 fully saturated rings. The average molecular weight is 358 g/mol. The van der Waals surface area contributed by atoms with E-state index in [1.54, 1.807) is 4.90 Å². The quantitative estimate of drug-likeness (QED) is 0.681. The van der Waals surface area contributed by atoms with Crippen LogP contribution in [-0.4, -0.2) is 30.4 Å². The molecule has 1 amide bonds. The van der Waals surface area contributed by atoms with Crippen molar-refractivity contribution in [1.82, 2.24) is 4.90 Å². The Kier molecular flexibility index (Phi) is 6.39. The highest BCUT2D eigenvalue weighted by atomic mass is 16.2. The predicted octanol–water partition coefficient (Wildman–Crippen LogP) is 4.39. The zero-order valence-electron chi connectivity index (χ0n) is 15.7. The molecule has 0 aliphatic heterocycles. The van der Waals surface area contributed by atoms with Crippen molar-refractivity contribution in [3.05, 3.63) is 96.1 Å². The van der Waals surface area contributed by atoms with Gasteiger partial charge in [0.2, 0.25) is 0 Å². The van der Waals surface area contributed by atoms with E-state index in [9.17, 15) is 4.79 Å². The van der Waals surface area contributed by atoms with Crippen LogP contribution in [0.4, 0.5) is 0 Å². The van der Waals surface area contributed by atoms with Crippen molar-refractivity contribution in [2.24, 2.45) is 5.73 Å². The van der Waals surface area contributed by atoms with Gasteiger partial charge < -0.3 is 10.6 Å². The second-order valence-corrected chi connectivity index (χ2v) is 6.74. The van der Waals surface area contributed by atoms with Gasteiger partial charge in [-0.3, -0.25) is 4.79 Å². The smallest absolute Gasteiger partial charge is 0.254 e. The molecular formula is C24H26N2O. The Bertz CT molecular complexity index is 862. The minimum absolute atomic E-state index is 0.00142. The first-order valence-electron chi connectivity index (χ1n) is 9.36. The summed E-state index contributed by atoms with van der Waals surface area (Å²) >= 11 is 0. The lowest BCUT2D eigenvalue weighted by Crippen LogP contribution is -2.42. The van der Waals surface area contributed by atoms with E-state index in [1.807, 2.05) is 79.8 Å². The van der Waals surface area contributed by atoms with Crippen LogP contribution in [0.3, 0.4) is 0 Å². The van der Waals surface area contributed by atoms with E-state index in [2.05, 4.69) is 12.1 Å².